The van der Waals surface area contributed by atoms with Gasteiger partial charge in [0, 0.05) is 29.7 Å². The lowest BCUT2D eigenvalue weighted by Gasteiger charge is -2.50. The van der Waals surface area contributed by atoms with Gasteiger partial charge >= 0.3 is 16.4 Å². The Labute approximate surface area is 181 Å². The van der Waals surface area contributed by atoms with Crippen LogP contribution in [0.5, 0.6) is 0 Å². The van der Waals surface area contributed by atoms with Crippen LogP contribution in [-0.4, -0.2) is 64.8 Å². The van der Waals surface area contributed by atoms with E-state index in [-0.39, 0.29) is 17.8 Å². The number of nitrogens with one attached hydrogen (secondary N) is 1. The zero-order valence-corrected chi connectivity index (χ0v) is 18.1. The van der Waals surface area contributed by atoms with Crippen molar-refractivity contribution in [1.82, 2.24) is 9.88 Å². The van der Waals surface area contributed by atoms with Gasteiger partial charge in [0.1, 0.15) is 0 Å². The van der Waals surface area contributed by atoms with Crippen molar-refractivity contribution in [1.29, 1.82) is 0 Å². The van der Waals surface area contributed by atoms with Gasteiger partial charge in [0.25, 0.3) is 0 Å². The number of aromatic nitrogens is 1. The van der Waals surface area contributed by atoms with Crippen LogP contribution in [0.25, 0.3) is 10.9 Å². The molecule has 0 amide bonds. The smallest absolute Gasteiger partial charge is 0.394 e. The van der Waals surface area contributed by atoms with Crippen LogP contribution in [0.15, 0.2) is 24.3 Å². The minimum absolute atomic E-state index is 0.199. The van der Waals surface area contributed by atoms with Crippen LogP contribution in [0.4, 0.5) is 0 Å². The lowest BCUT2D eigenvalue weighted by Crippen LogP contribution is -2.53. The van der Waals surface area contributed by atoms with E-state index in [0.717, 1.165) is 32.4 Å². The summed E-state index contributed by atoms with van der Waals surface area (Å²) in [6, 6.07) is 8.83. The number of hydrogen-bond donors (Lipinski definition) is 4. The second kappa shape index (κ2) is 8.51. The molecule has 2 fully saturated rings. The molecule has 4 N–H and O–H groups in total. The fourth-order valence-electron chi connectivity index (χ4n) is 5.80. The Morgan fingerprint density at radius 3 is 2.65 bits per heavy atom. The van der Waals surface area contributed by atoms with E-state index in [4.69, 9.17) is 22.3 Å². The number of esters is 1. The number of ether oxygens (including phenoxy) is 1. The molecule has 3 aliphatic rings. The summed E-state index contributed by atoms with van der Waals surface area (Å²) in [6.07, 6.45) is 3.14. The number of fused-ring (bicyclic) bond motifs is 6. The van der Waals surface area contributed by atoms with E-state index in [9.17, 15) is 9.90 Å². The molecule has 5 rings (SSSR count). The van der Waals surface area contributed by atoms with Crippen molar-refractivity contribution in [3.05, 3.63) is 35.5 Å². The predicted molar refractivity (Wildman–Crippen MR) is 113 cm³/mol. The van der Waals surface area contributed by atoms with Crippen LogP contribution in [0.1, 0.15) is 36.6 Å². The second-order valence-electron chi connectivity index (χ2n) is 8.62. The molecule has 5 atom stereocenters. The fraction of sp³-hybridized carbons (Fsp3) is 0.571. The molecular weight excluding hydrogens is 424 g/mol. The lowest BCUT2D eigenvalue weighted by molar-refractivity contribution is -0.160. The van der Waals surface area contributed by atoms with Crippen LogP contribution in [0.3, 0.4) is 0 Å². The third-order valence-corrected chi connectivity index (χ3v) is 7.02. The molecule has 0 bridgehead atoms. The molecule has 1 aromatic heterocycles. The number of aliphatic hydroxyl groups excluding tert-OH is 1. The maximum absolute atomic E-state index is 12.4. The number of rotatable bonds is 1. The number of piperidine rings is 1. The van der Waals surface area contributed by atoms with Crippen molar-refractivity contribution in [2.24, 2.45) is 17.8 Å². The van der Waals surface area contributed by atoms with Crippen molar-refractivity contribution < 1.29 is 32.2 Å². The molecule has 3 heterocycles. The standard InChI is InChI=1S/C21H26N2O3.H2O4S/c1-26-21(25)19-15-10-17-20-14(13-4-2-3-5-16(13)22-20)8-9-23(17)11-12(15)6-7-18(19)24;1-5(2,3)4/h2-5,12,15,17-19,22,24H,6-11H2,1H3;(H2,1,2,3,4)/t12-,15-,17-,18-,19+;/m0./s1. The van der Waals surface area contributed by atoms with Gasteiger partial charge in [-0.25, -0.2) is 0 Å². The van der Waals surface area contributed by atoms with Gasteiger partial charge in [-0.05, 0) is 49.1 Å². The Balaban J connectivity index is 0.000000418. The summed E-state index contributed by atoms with van der Waals surface area (Å²) in [5.41, 5.74) is 3.96. The topological polar surface area (TPSA) is 140 Å². The number of nitrogens with zero attached hydrogens (tertiary/aromatic N) is 1. The molecule has 0 radical (unpaired) electrons. The number of carbonyl (C=O) groups is 1. The summed E-state index contributed by atoms with van der Waals surface area (Å²) in [5.74, 6) is 0.0541. The van der Waals surface area contributed by atoms with Crippen molar-refractivity contribution in [2.75, 3.05) is 20.2 Å². The van der Waals surface area contributed by atoms with Gasteiger partial charge < -0.3 is 14.8 Å². The Kier molecular flexibility index (Phi) is 6.10. The van der Waals surface area contributed by atoms with E-state index in [0.29, 0.717) is 18.4 Å². The third-order valence-electron chi connectivity index (χ3n) is 7.02. The molecule has 1 saturated carbocycles. The van der Waals surface area contributed by atoms with E-state index in [1.165, 1.54) is 29.3 Å². The molecule has 9 nitrogen and oxygen atoms in total. The molecule has 1 aromatic carbocycles. The van der Waals surface area contributed by atoms with Crippen molar-refractivity contribution in [2.45, 2.75) is 37.8 Å². The summed E-state index contributed by atoms with van der Waals surface area (Å²) < 4.78 is 36.6. The quantitative estimate of drug-likeness (QED) is 0.380. The Hall–Kier alpha value is -1.98. The van der Waals surface area contributed by atoms with Crippen LogP contribution in [0, 0.1) is 17.8 Å². The van der Waals surface area contributed by atoms with Gasteiger partial charge in [-0.1, -0.05) is 18.2 Å². The number of para-hydroxylation sites is 1. The summed E-state index contributed by atoms with van der Waals surface area (Å²) in [6.45, 7) is 2.10. The van der Waals surface area contributed by atoms with Crippen LogP contribution < -0.4 is 0 Å². The average Bonchev–Trinajstić information content (AvgIpc) is 3.10. The zero-order valence-electron chi connectivity index (χ0n) is 17.3. The Bertz CT molecular complexity index is 1060. The number of aliphatic hydroxyl groups is 1. The molecule has 1 saturated heterocycles. The van der Waals surface area contributed by atoms with Gasteiger partial charge in [0.05, 0.1) is 25.2 Å². The molecule has 10 heteroatoms. The van der Waals surface area contributed by atoms with Gasteiger partial charge in [-0.15, -0.1) is 0 Å². The summed E-state index contributed by atoms with van der Waals surface area (Å²) in [7, 11) is -3.23. The minimum Gasteiger partial charge on any atom is -0.469 e. The maximum atomic E-state index is 12.4. The predicted octanol–water partition coefficient (Wildman–Crippen LogP) is 1.99. The molecule has 0 unspecified atom stereocenters. The monoisotopic (exact) mass is 452 g/mol. The fourth-order valence-corrected chi connectivity index (χ4v) is 5.80. The van der Waals surface area contributed by atoms with Gasteiger partial charge in [-0.2, -0.15) is 8.42 Å². The Morgan fingerprint density at radius 2 is 1.94 bits per heavy atom. The Morgan fingerprint density at radius 1 is 1.23 bits per heavy atom. The van der Waals surface area contributed by atoms with Crippen molar-refractivity contribution in [3.8, 4) is 0 Å². The SMILES string of the molecule is COC(=O)[C@@H]1[C@H]2C[C@H]3c4[nH]c5ccccc5c4CCN3C[C@@H]2CC[C@@H]1O.O=S(=O)(O)O. The number of methoxy groups -OCH3 is 1. The molecule has 170 valence electrons. The van der Waals surface area contributed by atoms with Gasteiger partial charge in [0.15, 0.2) is 0 Å². The summed E-state index contributed by atoms with van der Waals surface area (Å²) in [4.78, 5) is 18.6. The largest absolute Gasteiger partial charge is 0.469 e. The highest BCUT2D eigenvalue weighted by molar-refractivity contribution is 7.79. The normalized spacial score (nSPS) is 30.4. The highest BCUT2D eigenvalue weighted by atomic mass is 32.3. The molecule has 2 aromatic rings. The maximum Gasteiger partial charge on any atom is 0.394 e. The number of aromatic amines is 1. The number of hydrogen-bond acceptors (Lipinski definition) is 6. The highest BCUT2D eigenvalue weighted by Gasteiger charge is 2.49. The van der Waals surface area contributed by atoms with E-state index in [1.807, 2.05) is 0 Å². The first-order valence-corrected chi connectivity index (χ1v) is 11.9. The average molecular weight is 453 g/mol. The molecular formula is C21H28N2O7S. The minimum atomic E-state index is -4.67. The third kappa shape index (κ3) is 4.49. The molecule has 31 heavy (non-hydrogen) atoms. The van der Waals surface area contributed by atoms with Crippen LogP contribution in [-0.2, 0) is 26.4 Å². The number of benzene rings is 1. The van der Waals surface area contributed by atoms with E-state index >= 15 is 0 Å². The molecule has 1 aliphatic carbocycles. The summed E-state index contributed by atoms with van der Waals surface area (Å²) >= 11 is 0. The van der Waals surface area contributed by atoms with Crippen LogP contribution >= 0.6 is 0 Å². The second-order valence-corrected chi connectivity index (χ2v) is 9.52. The number of H-pyrrole nitrogens is 1. The molecule has 2 aliphatic heterocycles. The first-order valence-electron chi connectivity index (χ1n) is 10.5. The van der Waals surface area contributed by atoms with E-state index in [2.05, 4.69) is 34.1 Å². The van der Waals surface area contributed by atoms with Crippen molar-refractivity contribution in [3.63, 3.8) is 0 Å². The number of carbonyl (C=O) groups excluding carboxylic acids is 1. The lowest BCUT2D eigenvalue weighted by atomic mass is 9.65. The van der Waals surface area contributed by atoms with Gasteiger partial charge in [0.2, 0.25) is 0 Å². The first-order chi connectivity index (χ1) is 14.7. The zero-order chi connectivity index (χ0) is 22.3. The van der Waals surface area contributed by atoms with Crippen molar-refractivity contribution >= 4 is 27.3 Å². The first kappa shape index (κ1) is 22.2. The van der Waals surface area contributed by atoms with E-state index in [1.54, 1.807) is 0 Å². The van der Waals surface area contributed by atoms with Gasteiger partial charge in [-0.3, -0.25) is 18.8 Å². The highest BCUT2D eigenvalue weighted by Crippen LogP contribution is 2.49. The van der Waals surface area contributed by atoms with Crippen LogP contribution in [0.2, 0.25) is 0 Å². The molecule has 0 spiro atoms. The van der Waals surface area contributed by atoms with E-state index < -0.39 is 16.5 Å². The summed E-state index contributed by atoms with van der Waals surface area (Å²) in [5, 5.41) is 11.8.